The molecule has 0 fully saturated rings. The van der Waals surface area contributed by atoms with Gasteiger partial charge in [-0.25, -0.2) is 0 Å². The Bertz CT molecular complexity index is 242. The maximum Gasteiger partial charge on any atom is 0.149 e. The van der Waals surface area contributed by atoms with Crippen molar-refractivity contribution in [1.82, 2.24) is 0 Å². The Hall–Kier alpha value is -1.11. The molecule has 0 aromatic carbocycles. The molecule has 0 saturated heterocycles. The zero-order valence-corrected chi connectivity index (χ0v) is 8.22. The van der Waals surface area contributed by atoms with Gasteiger partial charge in [-0.3, -0.25) is 4.79 Å². The second-order valence-electron chi connectivity index (χ2n) is 2.72. The summed E-state index contributed by atoms with van der Waals surface area (Å²) >= 11 is 0. The van der Waals surface area contributed by atoms with Crippen LogP contribution in [0.2, 0.25) is 0 Å². The molecule has 0 spiro atoms. The van der Waals surface area contributed by atoms with Gasteiger partial charge in [0, 0.05) is 5.57 Å². The SMILES string of the molecule is C\C=C(C)/C=C(C)\C(C=O)=C/C. The highest BCUT2D eigenvalue weighted by Crippen LogP contribution is 2.09. The highest BCUT2D eigenvalue weighted by Gasteiger charge is 1.95. The summed E-state index contributed by atoms with van der Waals surface area (Å²) in [5, 5.41) is 0. The van der Waals surface area contributed by atoms with E-state index in [2.05, 4.69) is 0 Å². The monoisotopic (exact) mass is 164 g/mol. The Kier molecular flexibility index (Phi) is 5.02. The molecule has 0 radical (unpaired) electrons. The molecule has 0 heterocycles. The van der Waals surface area contributed by atoms with Crippen LogP contribution in [0.1, 0.15) is 27.7 Å². The molecule has 1 nitrogen and oxygen atoms in total. The summed E-state index contributed by atoms with van der Waals surface area (Å²) in [4.78, 5) is 10.5. The lowest BCUT2D eigenvalue weighted by molar-refractivity contribution is -0.104. The number of aldehydes is 1. The molecule has 0 saturated carbocycles. The van der Waals surface area contributed by atoms with E-state index in [0.717, 1.165) is 17.4 Å². The highest BCUT2D eigenvalue weighted by molar-refractivity contribution is 5.79. The van der Waals surface area contributed by atoms with Crippen LogP contribution >= 0.6 is 0 Å². The molecule has 0 aliphatic rings. The van der Waals surface area contributed by atoms with E-state index >= 15 is 0 Å². The maximum atomic E-state index is 10.5. The fourth-order valence-electron chi connectivity index (χ4n) is 0.897. The van der Waals surface area contributed by atoms with E-state index in [1.165, 1.54) is 5.57 Å². The van der Waals surface area contributed by atoms with Crippen LogP contribution in [0.4, 0.5) is 0 Å². The second kappa shape index (κ2) is 5.53. The van der Waals surface area contributed by atoms with Gasteiger partial charge in [-0.05, 0) is 33.3 Å². The van der Waals surface area contributed by atoms with Crippen LogP contribution in [0.3, 0.4) is 0 Å². The smallest absolute Gasteiger partial charge is 0.149 e. The molecule has 12 heavy (non-hydrogen) atoms. The number of carbonyl (C=O) groups is 1. The summed E-state index contributed by atoms with van der Waals surface area (Å²) in [5.74, 6) is 0. The van der Waals surface area contributed by atoms with E-state index in [0.29, 0.717) is 0 Å². The van der Waals surface area contributed by atoms with Crippen LogP contribution in [0.15, 0.2) is 34.9 Å². The van der Waals surface area contributed by atoms with Crippen molar-refractivity contribution < 1.29 is 4.79 Å². The third kappa shape index (κ3) is 3.33. The van der Waals surface area contributed by atoms with Crippen LogP contribution in [0.25, 0.3) is 0 Å². The minimum Gasteiger partial charge on any atom is -0.298 e. The molecule has 0 bridgehead atoms. The predicted octanol–water partition coefficient (Wildman–Crippen LogP) is 3.04. The van der Waals surface area contributed by atoms with Gasteiger partial charge in [0.1, 0.15) is 6.29 Å². The number of allylic oxidation sites excluding steroid dienone is 6. The van der Waals surface area contributed by atoms with Gasteiger partial charge in [0.25, 0.3) is 0 Å². The van der Waals surface area contributed by atoms with E-state index in [4.69, 9.17) is 0 Å². The number of hydrogen-bond acceptors (Lipinski definition) is 1. The van der Waals surface area contributed by atoms with Crippen molar-refractivity contribution >= 4 is 6.29 Å². The van der Waals surface area contributed by atoms with E-state index in [-0.39, 0.29) is 0 Å². The minimum absolute atomic E-state index is 0.760. The van der Waals surface area contributed by atoms with Gasteiger partial charge in [-0.2, -0.15) is 0 Å². The van der Waals surface area contributed by atoms with Crippen molar-refractivity contribution in [3.8, 4) is 0 Å². The van der Waals surface area contributed by atoms with Gasteiger partial charge < -0.3 is 0 Å². The summed E-state index contributed by atoms with van der Waals surface area (Å²) in [5.41, 5.74) is 2.95. The molecule has 1 heteroatoms. The first-order valence-corrected chi connectivity index (χ1v) is 4.08. The van der Waals surface area contributed by atoms with Crippen molar-refractivity contribution in [3.63, 3.8) is 0 Å². The molecule has 66 valence electrons. The normalized spacial score (nSPS) is 14.8. The van der Waals surface area contributed by atoms with Crippen molar-refractivity contribution in [1.29, 1.82) is 0 Å². The Morgan fingerprint density at radius 1 is 1.08 bits per heavy atom. The summed E-state index contributed by atoms with van der Waals surface area (Å²) in [6.45, 7) is 7.81. The molecule has 0 N–H and O–H groups in total. The van der Waals surface area contributed by atoms with Crippen molar-refractivity contribution in [3.05, 3.63) is 34.9 Å². The topological polar surface area (TPSA) is 17.1 Å². The summed E-state index contributed by atoms with van der Waals surface area (Å²) < 4.78 is 0. The molecular formula is C11H16O. The Morgan fingerprint density at radius 3 is 2.00 bits per heavy atom. The number of hydrogen-bond donors (Lipinski definition) is 0. The van der Waals surface area contributed by atoms with Gasteiger partial charge in [-0.1, -0.05) is 23.8 Å². The standard InChI is InChI=1S/C11H16O/c1-5-9(3)7-10(4)11(6-2)8-12/h5-8H,1-4H3/b9-5-,10-7-,11-6-. The van der Waals surface area contributed by atoms with Gasteiger partial charge >= 0.3 is 0 Å². The first-order chi connectivity index (χ1) is 5.65. The third-order valence-corrected chi connectivity index (χ3v) is 1.79. The van der Waals surface area contributed by atoms with Crippen LogP contribution in [-0.2, 0) is 4.79 Å². The van der Waals surface area contributed by atoms with E-state index in [1.807, 2.05) is 45.9 Å². The summed E-state index contributed by atoms with van der Waals surface area (Å²) in [7, 11) is 0. The van der Waals surface area contributed by atoms with Crippen LogP contribution < -0.4 is 0 Å². The molecule has 0 amide bonds. The van der Waals surface area contributed by atoms with Gasteiger partial charge in [0.2, 0.25) is 0 Å². The van der Waals surface area contributed by atoms with E-state index in [1.54, 1.807) is 0 Å². The third-order valence-electron chi connectivity index (χ3n) is 1.79. The molecule has 0 unspecified atom stereocenters. The fraction of sp³-hybridized carbons (Fsp3) is 0.364. The van der Waals surface area contributed by atoms with Crippen LogP contribution in [0.5, 0.6) is 0 Å². The van der Waals surface area contributed by atoms with Crippen LogP contribution in [-0.4, -0.2) is 6.29 Å². The Balaban J connectivity index is 4.68. The largest absolute Gasteiger partial charge is 0.298 e. The molecule has 0 aromatic heterocycles. The first kappa shape index (κ1) is 10.9. The van der Waals surface area contributed by atoms with E-state index in [9.17, 15) is 4.79 Å². The lowest BCUT2D eigenvalue weighted by atomic mass is 10.1. The lowest BCUT2D eigenvalue weighted by Gasteiger charge is -1.98. The highest BCUT2D eigenvalue weighted by atomic mass is 16.1. The average Bonchev–Trinajstić information content (AvgIpc) is 2.06. The lowest BCUT2D eigenvalue weighted by Crippen LogP contribution is -1.86. The summed E-state index contributed by atoms with van der Waals surface area (Å²) in [6, 6.07) is 0. The quantitative estimate of drug-likeness (QED) is 0.356. The Morgan fingerprint density at radius 2 is 1.67 bits per heavy atom. The second-order valence-corrected chi connectivity index (χ2v) is 2.72. The minimum atomic E-state index is 0.760. The summed E-state index contributed by atoms with van der Waals surface area (Å²) in [6.07, 6.45) is 6.72. The van der Waals surface area contributed by atoms with Crippen molar-refractivity contribution in [2.45, 2.75) is 27.7 Å². The molecule has 0 aliphatic carbocycles. The van der Waals surface area contributed by atoms with Crippen molar-refractivity contribution in [2.75, 3.05) is 0 Å². The molecule has 0 aliphatic heterocycles. The zero-order chi connectivity index (χ0) is 9.56. The number of carbonyl (C=O) groups excluding carboxylic acids is 1. The van der Waals surface area contributed by atoms with E-state index < -0.39 is 0 Å². The van der Waals surface area contributed by atoms with Crippen molar-refractivity contribution in [2.24, 2.45) is 0 Å². The predicted molar refractivity (Wildman–Crippen MR) is 53.0 cm³/mol. The fourth-order valence-corrected chi connectivity index (χ4v) is 0.897. The maximum absolute atomic E-state index is 10.5. The van der Waals surface area contributed by atoms with Crippen LogP contribution in [0, 0.1) is 0 Å². The van der Waals surface area contributed by atoms with Gasteiger partial charge in [0.15, 0.2) is 0 Å². The first-order valence-electron chi connectivity index (χ1n) is 4.08. The molecule has 0 aromatic rings. The Labute approximate surface area is 74.5 Å². The van der Waals surface area contributed by atoms with Gasteiger partial charge in [-0.15, -0.1) is 0 Å². The average molecular weight is 164 g/mol. The van der Waals surface area contributed by atoms with Gasteiger partial charge in [0.05, 0.1) is 0 Å². The molecule has 0 rings (SSSR count). The molecule has 0 atom stereocenters. The zero-order valence-electron chi connectivity index (χ0n) is 8.22. The molecular weight excluding hydrogens is 148 g/mol. The number of rotatable bonds is 3.